The topological polar surface area (TPSA) is 355 Å². The Hall–Kier alpha value is -2.13. The summed E-state index contributed by atoms with van der Waals surface area (Å²) < 4.78 is 69.9. The number of benzene rings is 2. The number of carbonyl (C=O) groups excluding carboxylic acids is 1. The van der Waals surface area contributed by atoms with Gasteiger partial charge in [0.25, 0.3) is 0 Å². The van der Waals surface area contributed by atoms with Crippen molar-refractivity contribution in [3.63, 3.8) is 0 Å². The minimum Gasteiger partial charge on any atom is -0.744 e. The molecule has 0 aliphatic heterocycles. The van der Waals surface area contributed by atoms with Crippen molar-refractivity contribution in [2.24, 2.45) is 10.2 Å². The summed E-state index contributed by atoms with van der Waals surface area (Å²) in [7, 11) is -9.93. The van der Waals surface area contributed by atoms with Gasteiger partial charge in [0.2, 0.25) is 0 Å². The first kappa shape index (κ1) is 44.9. The predicted octanol–water partition coefficient (Wildman–Crippen LogP) is -5.08. The van der Waals surface area contributed by atoms with Crippen LogP contribution in [-0.4, -0.2) is 53.6 Å². The van der Waals surface area contributed by atoms with Crippen LogP contribution in [0.3, 0.4) is 0 Å². The molecule has 0 saturated heterocycles. The summed E-state index contributed by atoms with van der Waals surface area (Å²) in [6, 6.07) is 6.75. The normalized spacial score (nSPS) is 13.9. The van der Waals surface area contributed by atoms with E-state index >= 15 is 0 Å². The molecule has 21 heteroatoms. The first-order chi connectivity index (χ1) is 15.9. The molecule has 2 aromatic carbocycles. The van der Waals surface area contributed by atoms with Gasteiger partial charge in [0, 0.05) is 32.3 Å². The number of hydrogen-bond donors (Lipinski definition) is 0. The molecule has 17 nitrogen and oxygen atoms in total. The van der Waals surface area contributed by atoms with Crippen LogP contribution in [0.15, 0.2) is 67.6 Å². The van der Waals surface area contributed by atoms with E-state index in [1.807, 2.05) is 0 Å². The molecule has 206 valence electrons. The van der Waals surface area contributed by atoms with E-state index in [1.54, 1.807) is 0 Å². The first-order valence-electron chi connectivity index (χ1n) is 9.20. The smallest absolute Gasteiger partial charge is 0.744 e. The molecule has 0 heterocycles. The van der Waals surface area contributed by atoms with Gasteiger partial charge in [-0.1, -0.05) is 34.5 Å². The average molecular weight is 619 g/mol. The van der Waals surface area contributed by atoms with Crippen molar-refractivity contribution in [3.05, 3.63) is 79.6 Å². The molecule has 2 aromatic rings. The number of hydrogen-bond acceptors (Lipinski definition) is 9. The van der Waals surface area contributed by atoms with E-state index in [-0.39, 0.29) is 128 Å². The molecule has 1 saturated carbocycles. The zero-order valence-corrected chi connectivity index (χ0v) is 26.5. The van der Waals surface area contributed by atoms with Crippen molar-refractivity contribution in [1.29, 1.82) is 0 Å². The van der Waals surface area contributed by atoms with Crippen molar-refractivity contribution in [2.75, 3.05) is 0 Å². The van der Waals surface area contributed by atoms with Crippen molar-refractivity contribution < 1.29 is 112 Å². The third kappa shape index (κ3) is 11.0. The molecule has 1 fully saturated rings. The molecule has 0 radical (unpaired) electrons. The van der Waals surface area contributed by atoms with Crippen molar-refractivity contribution in [3.8, 4) is 0 Å². The van der Waals surface area contributed by atoms with E-state index in [2.05, 4.69) is 20.1 Å². The van der Waals surface area contributed by atoms with Gasteiger partial charge in [-0.15, -0.1) is 0 Å². The summed E-state index contributed by atoms with van der Waals surface area (Å²) in [4.78, 5) is 16.5. The Balaban J connectivity index is -0.00000108. The third-order valence-corrected chi connectivity index (χ3v) is 6.54. The second kappa shape index (κ2) is 18.3. The van der Waals surface area contributed by atoms with Gasteiger partial charge in [-0.3, -0.25) is 4.79 Å². The number of rotatable bonds is 6. The van der Waals surface area contributed by atoms with Crippen LogP contribution in [0.4, 0.5) is 11.4 Å². The van der Waals surface area contributed by atoms with Gasteiger partial charge in [-0.2, -0.15) is 0 Å². The summed E-state index contributed by atoms with van der Waals surface area (Å²) >= 11 is 0. The molecule has 0 aromatic heterocycles. The number of nitrogens with zero attached hydrogens (tertiary/aromatic N) is 6. The standard InChI is InChI=1S/C19H14N6O7S2.2Na.4H2O/c20-24-22-15-5-3-11(17(9-15)33(27,28)29)7-13-1-2-14(19(13)26)8-12-4-6-16(23-25-21)10-18(12)34(30,31)32;;;;;;/h3-10H,1-2H2,(H,27,28,29)(H,30,31,32);;;4*1H2/q;2*+1;;;;/p-2/b13-7+,14-8+;;;;;;. The molecule has 0 atom stereocenters. The second-order valence-corrected chi connectivity index (χ2v) is 9.60. The quantitative estimate of drug-likeness (QED) is 0.0755. The minimum atomic E-state index is -4.97. The van der Waals surface area contributed by atoms with Crippen LogP contribution in [0.2, 0.25) is 0 Å². The van der Waals surface area contributed by atoms with E-state index in [0.29, 0.717) is 0 Å². The summed E-state index contributed by atoms with van der Waals surface area (Å²) in [5.41, 5.74) is 16.9. The van der Waals surface area contributed by atoms with Crippen molar-refractivity contribution >= 4 is 49.5 Å². The summed E-state index contributed by atoms with van der Waals surface area (Å²) in [5.74, 6) is -0.540. The summed E-state index contributed by atoms with van der Waals surface area (Å²) in [6.07, 6.45) is 2.72. The van der Waals surface area contributed by atoms with Gasteiger partial charge < -0.3 is 31.0 Å². The number of azide groups is 2. The van der Waals surface area contributed by atoms with Crippen LogP contribution in [-0.2, 0) is 25.0 Å². The fraction of sp³-hybridized carbons (Fsp3) is 0.105. The van der Waals surface area contributed by atoms with Crippen LogP contribution in [0.25, 0.3) is 33.0 Å². The first-order valence-corrected chi connectivity index (χ1v) is 12.0. The minimum absolute atomic E-state index is 0. The van der Waals surface area contributed by atoms with E-state index in [9.17, 15) is 30.7 Å². The Bertz CT molecular complexity index is 1480. The third-order valence-electron chi connectivity index (χ3n) is 4.76. The maximum absolute atomic E-state index is 12.9. The van der Waals surface area contributed by atoms with Gasteiger partial charge in [0.1, 0.15) is 20.2 Å². The molecule has 1 aliphatic rings. The fourth-order valence-corrected chi connectivity index (χ4v) is 4.66. The van der Waals surface area contributed by atoms with E-state index < -0.39 is 35.8 Å². The van der Waals surface area contributed by atoms with E-state index in [0.717, 1.165) is 12.1 Å². The fourth-order valence-electron chi connectivity index (χ4n) is 3.30. The van der Waals surface area contributed by atoms with Gasteiger partial charge >= 0.3 is 59.1 Å². The Kier molecular flexibility index (Phi) is 20.6. The molecular formula is C19H20N6Na2O11S2. The van der Waals surface area contributed by atoms with Crippen LogP contribution in [0.1, 0.15) is 24.0 Å². The van der Waals surface area contributed by atoms with E-state index in [1.165, 1.54) is 36.4 Å². The molecule has 8 N–H and O–H groups in total. The molecule has 0 spiro atoms. The van der Waals surface area contributed by atoms with Gasteiger partial charge in [0.05, 0.1) is 9.79 Å². The van der Waals surface area contributed by atoms with Crippen LogP contribution in [0, 0.1) is 0 Å². The van der Waals surface area contributed by atoms with Crippen LogP contribution in [0.5, 0.6) is 0 Å². The molecule has 0 unspecified atom stereocenters. The SMILES string of the molecule is O.O.O.O.[N-]=[N+]=Nc1ccc(/C=C2\CC/C(=C\c3ccc(N=[N+]=[N-])cc3S(=O)(=O)[O-])C2=O)c(S(=O)(=O)[O-])c1.[Na+].[Na+]. The average Bonchev–Trinajstić information content (AvgIpc) is 3.08. The number of Topliss-reactive ketones (excluding diaryl/α,β-unsaturated/α-hetero) is 1. The van der Waals surface area contributed by atoms with Crippen LogP contribution >= 0.6 is 0 Å². The Morgan fingerprint density at radius 2 is 1.02 bits per heavy atom. The Morgan fingerprint density at radius 3 is 1.30 bits per heavy atom. The van der Waals surface area contributed by atoms with Crippen molar-refractivity contribution in [1.82, 2.24) is 0 Å². The monoisotopic (exact) mass is 618 g/mol. The molecule has 0 bridgehead atoms. The summed E-state index contributed by atoms with van der Waals surface area (Å²) in [6.45, 7) is 0. The van der Waals surface area contributed by atoms with Crippen LogP contribution < -0.4 is 59.1 Å². The predicted molar refractivity (Wildman–Crippen MR) is 131 cm³/mol. The zero-order chi connectivity index (χ0) is 25.1. The second-order valence-electron chi connectivity index (χ2n) is 6.90. The van der Waals surface area contributed by atoms with E-state index in [4.69, 9.17) is 11.1 Å². The maximum atomic E-state index is 12.9. The van der Waals surface area contributed by atoms with Gasteiger partial charge in [0.15, 0.2) is 5.78 Å². The number of carbonyl (C=O) groups is 1. The maximum Gasteiger partial charge on any atom is 1.00 e. The van der Waals surface area contributed by atoms with Crippen molar-refractivity contribution in [2.45, 2.75) is 22.6 Å². The summed E-state index contributed by atoms with van der Waals surface area (Å²) in [5, 5.41) is 6.51. The Labute approximate surface area is 271 Å². The number of allylic oxidation sites excluding steroid dienone is 2. The molecular weight excluding hydrogens is 598 g/mol. The molecule has 0 amide bonds. The zero-order valence-electron chi connectivity index (χ0n) is 20.9. The molecule has 1 aliphatic carbocycles. The Morgan fingerprint density at radius 1 is 0.700 bits per heavy atom. The number of ketones is 1. The molecule has 3 rings (SSSR count). The largest absolute Gasteiger partial charge is 1.00 e. The van der Waals surface area contributed by atoms with Gasteiger partial charge in [-0.25, -0.2) is 16.8 Å². The molecule has 40 heavy (non-hydrogen) atoms. The van der Waals surface area contributed by atoms with Gasteiger partial charge in [-0.05, 0) is 59.3 Å².